The van der Waals surface area contributed by atoms with Crippen molar-refractivity contribution in [3.05, 3.63) is 0 Å². The minimum Gasteiger partial charge on any atom is -0.300 e. The molecule has 2 rings (SSSR count). The molecule has 0 aromatic rings. The first-order valence-electron chi connectivity index (χ1n) is 5.03. The molecule has 0 aromatic heterocycles. The van der Waals surface area contributed by atoms with Gasteiger partial charge in [0.2, 0.25) is 0 Å². The van der Waals surface area contributed by atoms with E-state index in [1.54, 1.807) is 0 Å². The minimum atomic E-state index is 0.906. The number of fused-ring (bicyclic) bond motifs is 1. The van der Waals surface area contributed by atoms with Crippen LogP contribution in [0.15, 0.2) is 0 Å². The van der Waals surface area contributed by atoms with E-state index in [0.717, 1.165) is 17.9 Å². The highest BCUT2D eigenvalue weighted by molar-refractivity contribution is 4.92. The molecule has 11 heavy (non-hydrogen) atoms. The summed E-state index contributed by atoms with van der Waals surface area (Å²) in [5.74, 6) is 1.92. The van der Waals surface area contributed by atoms with Gasteiger partial charge in [-0.15, -0.1) is 0 Å². The number of hydrogen-bond acceptors (Lipinski definition) is 1. The summed E-state index contributed by atoms with van der Waals surface area (Å²) in [5, 5.41) is 0. The lowest BCUT2D eigenvalue weighted by molar-refractivity contribution is 0.255. The van der Waals surface area contributed by atoms with E-state index in [0.29, 0.717) is 0 Å². The van der Waals surface area contributed by atoms with E-state index >= 15 is 0 Å². The van der Waals surface area contributed by atoms with E-state index in [9.17, 15) is 0 Å². The molecule has 0 spiro atoms. The van der Waals surface area contributed by atoms with Gasteiger partial charge in [0, 0.05) is 6.04 Å². The van der Waals surface area contributed by atoms with E-state index in [4.69, 9.17) is 0 Å². The Morgan fingerprint density at radius 1 is 1.18 bits per heavy atom. The van der Waals surface area contributed by atoms with Crippen LogP contribution < -0.4 is 0 Å². The molecule has 2 saturated heterocycles. The summed E-state index contributed by atoms with van der Waals surface area (Å²) in [6.07, 6.45) is 4.39. The van der Waals surface area contributed by atoms with Crippen molar-refractivity contribution in [2.45, 2.75) is 39.2 Å². The van der Waals surface area contributed by atoms with Crippen LogP contribution in [0.2, 0.25) is 0 Å². The first-order valence-corrected chi connectivity index (χ1v) is 5.03. The van der Waals surface area contributed by atoms with E-state index in [-0.39, 0.29) is 0 Å². The fourth-order valence-corrected chi connectivity index (χ4v) is 2.90. The Bertz CT molecular complexity index is 142. The molecule has 0 aliphatic carbocycles. The topological polar surface area (TPSA) is 3.24 Å². The molecular weight excluding hydrogens is 134 g/mol. The molecule has 2 aliphatic rings. The summed E-state index contributed by atoms with van der Waals surface area (Å²) in [7, 11) is 0. The SMILES string of the molecule is CC(C)C1CCN2CCCC12. The molecule has 2 fully saturated rings. The molecule has 2 heterocycles. The molecule has 0 saturated carbocycles. The van der Waals surface area contributed by atoms with E-state index in [1.807, 2.05) is 0 Å². The Hall–Kier alpha value is -0.0400. The zero-order chi connectivity index (χ0) is 7.84. The molecule has 0 N–H and O–H groups in total. The molecule has 2 atom stereocenters. The maximum absolute atomic E-state index is 2.70. The van der Waals surface area contributed by atoms with Gasteiger partial charge in [0.05, 0.1) is 0 Å². The highest BCUT2D eigenvalue weighted by Gasteiger charge is 2.37. The van der Waals surface area contributed by atoms with Gasteiger partial charge >= 0.3 is 0 Å². The van der Waals surface area contributed by atoms with Crippen molar-refractivity contribution in [2.24, 2.45) is 11.8 Å². The fourth-order valence-electron chi connectivity index (χ4n) is 2.90. The van der Waals surface area contributed by atoms with Gasteiger partial charge in [-0.3, -0.25) is 0 Å². The van der Waals surface area contributed by atoms with Crippen LogP contribution in [0.3, 0.4) is 0 Å². The van der Waals surface area contributed by atoms with Crippen molar-refractivity contribution in [1.82, 2.24) is 4.90 Å². The number of nitrogens with zero attached hydrogens (tertiary/aromatic N) is 1. The average molecular weight is 153 g/mol. The quantitative estimate of drug-likeness (QED) is 0.558. The first-order chi connectivity index (χ1) is 5.29. The normalized spacial score (nSPS) is 38.5. The second-order valence-corrected chi connectivity index (χ2v) is 4.44. The lowest BCUT2D eigenvalue weighted by Gasteiger charge is -2.22. The van der Waals surface area contributed by atoms with Crippen LogP contribution in [-0.2, 0) is 0 Å². The smallest absolute Gasteiger partial charge is 0.0127 e. The molecular formula is C10H19N. The zero-order valence-electron chi connectivity index (χ0n) is 7.71. The van der Waals surface area contributed by atoms with Crippen molar-refractivity contribution < 1.29 is 0 Å². The summed E-state index contributed by atoms with van der Waals surface area (Å²) in [6.45, 7) is 7.53. The van der Waals surface area contributed by atoms with Gasteiger partial charge in [-0.05, 0) is 44.2 Å². The Labute approximate surface area is 69.8 Å². The zero-order valence-corrected chi connectivity index (χ0v) is 7.71. The maximum atomic E-state index is 2.70. The van der Waals surface area contributed by atoms with E-state index < -0.39 is 0 Å². The van der Waals surface area contributed by atoms with Crippen molar-refractivity contribution in [2.75, 3.05) is 13.1 Å². The van der Waals surface area contributed by atoms with Crippen molar-refractivity contribution >= 4 is 0 Å². The summed E-state index contributed by atoms with van der Waals surface area (Å²) >= 11 is 0. The Balaban J connectivity index is 2.03. The fraction of sp³-hybridized carbons (Fsp3) is 1.00. The third-order valence-corrected chi connectivity index (χ3v) is 3.51. The summed E-state index contributed by atoms with van der Waals surface area (Å²) in [4.78, 5) is 2.70. The Kier molecular flexibility index (Phi) is 1.92. The highest BCUT2D eigenvalue weighted by atomic mass is 15.2. The average Bonchev–Trinajstić information content (AvgIpc) is 2.41. The van der Waals surface area contributed by atoms with Crippen LogP contribution in [-0.4, -0.2) is 24.0 Å². The molecule has 0 amide bonds. The number of hydrogen-bond donors (Lipinski definition) is 0. The molecule has 0 aromatic carbocycles. The summed E-state index contributed by atoms with van der Waals surface area (Å²) < 4.78 is 0. The van der Waals surface area contributed by atoms with Crippen LogP contribution in [0, 0.1) is 11.8 Å². The molecule has 2 aliphatic heterocycles. The molecule has 64 valence electrons. The summed E-state index contributed by atoms with van der Waals surface area (Å²) in [5.41, 5.74) is 0. The Morgan fingerprint density at radius 2 is 2.00 bits per heavy atom. The lowest BCUT2D eigenvalue weighted by Crippen LogP contribution is -2.28. The van der Waals surface area contributed by atoms with Gasteiger partial charge in [-0.1, -0.05) is 13.8 Å². The van der Waals surface area contributed by atoms with E-state index in [2.05, 4.69) is 18.7 Å². The standard InChI is InChI=1S/C10H19N/c1-8(2)9-5-7-11-6-3-4-10(9)11/h8-10H,3-7H2,1-2H3. The molecule has 0 bridgehead atoms. The third-order valence-electron chi connectivity index (χ3n) is 3.51. The van der Waals surface area contributed by atoms with Crippen molar-refractivity contribution in [1.29, 1.82) is 0 Å². The van der Waals surface area contributed by atoms with Crippen LogP contribution in [0.5, 0.6) is 0 Å². The molecule has 1 heteroatoms. The predicted molar refractivity (Wildman–Crippen MR) is 47.5 cm³/mol. The first kappa shape index (κ1) is 7.60. The summed E-state index contributed by atoms with van der Waals surface area (Å²) in [6, 6.07) is 0.968. The second kappa shape index (κ2) is 2.78. The third kappa shape index (κ3) is 1.20. The Morgan fingerprint density at radius 3 is 2.73 bits per heavy atom. The highest BCUT2D eigenvalue weighted by Crippen LogP contribution is 2.36. The second-order valence-electron chi connectivity index (χ2n) is 4.44. The van der Waals surface area contributed by atoms with Gasteiger partial charge < -0.3 is 4.90 Å². The van der Waals surface area contributed by atoms with E-state index in [1.165, 1.54) is 32.4 Å². The molecule has 2 unspecified atom stereocenters. The monoisotopic (exact) mass is 153 g/mol. The molecule has 0 radical (unpaired) electrons. The van der Waals surface area contributed by atoms with Crippen molar-refractivity contribution in [3.63, 3.8) is 0 Å². The van der Waals surface area contributed by atoms with Gasteiger partial charge in [0.15, 0.2) is 0 Å². The minimum absolute atomic E-state index is 0.906. The van der Waals surface area contributed by atoms with Crippen LogP contribution >= 0.6 is 0 Å². The molecule has 1 nitrogen and oxygen atoms in total. The van der Waals surface area contributed by atoms with Gasteiger partial charge in [-0.25, -0.2) is 0 Å². The van der Waals surface area contributed by atoms with Gasteiger partial charge in [0.25, 0.3) is 0 Å². The number of rotatable bonds is 1. The van der Waals surface area contributed by atoms with Crippen LogP contribution in [0.4, 0.5) is 0 Å². The van der Waals surface area contributed by atoms with Crippen LogP contribution in [0.25, 0.3) is 0 Å². The van der Waals surface area contributed by atoms with Crippen LogP contribution in [0.1, 0.15) is 33.1 Å². The lowest BCUT2D eigenvalue weighted by atomic mass is 9.88. The van der Waals surface area contributed by atoms with Gasteiger partial charge in [0.1, 0.15) is 0 Å². The van der Waals surface area contributed by atoms with Gasteiger partial charge in [-0.2, -0.15) is 0 Å². The maximum Gasteiger partial charge on any atom is 0.0127 e. The largest absolute Gasteiger partial charge is 0.300 e. The predicted octanol–water partition coefficient (Wildman–Crippen LogP) is 2.13. The van der Waals surface area contributed by atoms with Crippen molar-refractivity contribution in [3.8, 4) is 0 Å².